The third-order valence-electron chi connectivity index (χ3n) is 6.31. The molecule has 2 aliphatic rings. The molecule has 2 aromatic rings. The van der Waals surface area contributed by atoms with E-state index in [1.807, 2.05) is 0 Å². The van der Waals surface area contributed by atoms with Crippen LogP contribution in [0.25, 0.3) is 0 Å². The summed E-state index contributed by atoms with van der Waals surface area (Å²) in [5.41, 5.74) is 4.20. The maximum atomic E-state index is 13.2. The third kappa shape index (κ3) is 5.77. The number of alkyl halides is 1. The number of fused-ring (bicyclic) bond motifs is 1. The summed E-state index contributed by atoms with van der Waals surface area (Å²) in [5, 5.41) is 3.58. The number of hydrogen-bond acceptors (Lipinski definition) is 4. The molecule has 1 saturated heterocycles. The van der Waals surface area contributed by atoms with E-state index in [4.69, 9.17) is 4.74 Å². The van der Waals surface area contributed by atoms with Gasteiger partial charge in [-0.25, -0.2) is 4.39 Å². The number of piperidine rings is 1. The first kappa shape index (κ1) is 21.7. The van der Waals surface area contributed by atoms with Crippen molar-refractivity contribution < 1.29 is 9.13 Å². The molecule has 0 radical (unpaired) electrons. The Balaban J connectivity index is 1.29. The van der Waals surface area contributed by atoms with Gasteiger partial charge in [-0.15, -0.1) is 11.8 Å². The average molecular weight is 429 g/mol. The fraction of sp³-hybridized carbons (Fsp3) is 0.520. The highest BCUT2D eigenvalue weighted by Gasteiger charge is 2.21. The lowest BCUT2D eigenvalue weighted by atomic mass is 9.86. The molecule has 0 bridgehead atoms. The Morgan fingerprint density at radius 3 is 2.70 bits per heavy atom. The molecule has 2 aromatic carbocycles. The fourth-order valence-electron chi connectivity index (χ4n) is 4.55. The van der Waals surface area contributed by atoms with Crippen molar-refractivity contribution in [1.82, 2.24) is 10.2 Å². The Kier molecular flexibility index (Phi) is 7.69. The normalized spacial score (nSPS) is 20.1. The maximum absolute atomic E-state index is 13.2. The molecular weight excluding hydrogens is 395 g/mol. The number of nitrogens with one attached hydrogen (secondary N) is 1. The van der Waals surface area contributed by atoms with Gasteiger partial charge in [0.1, 0.15) is 11.9 Å². The summed E-state index contributed by atoms with van der Waals surface area (Å²) in [5.74, 6) is 1.46. The highest BCUT2D eigenvalue weighted by Crippen LogP contribution is 2.30. The second-order valence-corrected chi connectivity index (χ2v) is 9.34. The number of halogens is 1. The minimum Gasteiger partial charge on any atom is -0.494 e. The number of rotatable bonds is 8. The van der Waals surface area contributed by atoms with Crippen molar-refractivity contribution in [2.75, 3.05) is 39.0 Å². The molecule has 1 unspecified atom stereocenters. The minimum absolute atomic E-state index is 0.501. The number of nitrogens with zero attached hydrogens (tertiary/aromatic N) is 1. The second kappa shape index (κ2) is 10.7. The van der Waals surface area contributed by atoms with Crippen LogP contribution in [0.5, 0.6) is 5.75 Å². The molecule has 1 atom stereocenters. The Morgan fingerprint density at radius 2 is 1.93 bits per heavy atom. The lowest BCUT2D eigenvalue weighted by molar-refractivity contribution is 0.143. The number of thioether (sulfide) groups is 1. The van der Waals surface area contributed by atoms with Crippen LogP contribution in [0, 0.1) is 0 Å². The first-order valence-electron chi connectivity index (χ1n) is 11.2. The van der Waals surface area contributed by atoms with E-state index < -0.39 is 6.17 Å². The van der Waals surface area contributed by atoms with Crippen LogP contribution >= 0.6 is 11.8 Å². The summed E-state index contributed by atoms with van der Waals surface area (Å²) in [6, 6.07) is 15.5. The molecule has 0 aromatic heterocycles. The average Bonchev–Trinajstić information content (AvgIpc) is 2.78. The van der Waals surface area contributed by atoms with E-state index in [1.54, 1.807) is 11.8 Å². The van der Waals surface area contributed by atoms with Gasteiger partial charge in [0.25, 0.3) is 0 Å². The van der Waals surface area contributed by atoms with E-state index in [1.165, 1.54) is 21.6 Å². The van der Waals surface area contributed by atoms with Gasteiger partial charge in [0, 0.05) is 43.5 Å². The van der Waals surface area contributed by atoms with Gasteiger partial charge in [-0.3, -0.25) is 0 Å². The molecule has 30 heavy (non-hydrogen) atoms. The summed E-state index contributed by atoms with van der Waals surface area (Å²) in [7, 11) is 0. The van der Waals surface area contributed by atoms with Crippen LogP contribution in [0.4, 0.5) is 4.39 Å². The van der Waals surface area contributed by atoms with Gasteiger partial charge in [-0.05, 0) is 72.9 Å². The molecule has 0 amide bonds. The first-order valence-corrected chi connectivity index (χ1v) is 12.4. The van der Waals surface area contributed by atoms with E-state index in [-0.39, 0.29) is 0 Å². The molecule has 2 aliphatic heterocycles. The Labute approximate surface area is 184 Å². The molecule has 162 valence electrons. The number of benzene rings is 2. The standard InChI is InChI=1S/C25H33FN2OS/c1-30-24-6-3-19(4-7-24)15-20-17-27-18-21-16-23(5-8-25(20)21)29-14-2-11-28-12-9-22(26)10-13-28/h3-8,16,20,22,27H,2,9-15,17-18H2,1H3. The summed E-state index contributed by atoms with van der Waals surface area (Å²) >= 11 is 1.79. The highest BCUT2D eigenvalue weighted by atomic mass is 32.2. The van der Waals surface area contributed by atoms with Crippen LogP contribution in [0.3, 0.4) is 0 Å². The van der Waals surface area contributed by atoms with Crippen molar-refractivity contribution in [1.29, 1.82) is 0 Å². The van der Waals surface area contributed by atoms with E-state index in [0.717, 1.165) is 51.3 Å². The lowest BCUT2D eigenvalue weighted by Gasteiger charge is -2.28. The highest BCUT2D eigenvalue weighted by molar-refractivity contribution is 7.98. The van der Waals surface area contributed by atoms with Crippen molar-refractivity contribution in [3.05, 3.63) is 59.2 Å². The quantitative estimate of drug-likeness (QED) is 0.470. The van der Waals surface area contributed by atoms with Crippen molar-refractivity contribution in [2.45, 2.75) is 49.2 Å². The molecule has 5 heteroatoms. The summed E-state index contributed by atoms with van der Waals surface area (Å²) in [6.07, 6.45) is 4.93. The Morgan fingerprint density at radius 1 is 1.13 bits per heavy atom. The predicted molar refractivity (Wildman–Crippen MR) is 123 cm³/mol. The SMILES string of the molecule is CSc1ccc(CC2CNCc3cc(OCCCN4CCC(F)CC4)ccc32)cc1. The topological polar surface area (TPSA) is 24.5 Å². The molecule has 3 nitrogen and oxygen atoms in total. The molecule has 4 rings (SSSR count). The van der Waals surface area contributed by atoms with E-state index in [9.17, 15) is 4.39 Å². The minimum atomic E-state index is -0.597. The zero-order chi connectivity index (χ0) is 20.8. The predicted octanol–water partition coefficient (Wildman–Crippen LogP) is 5.04. The monoisotopic (exact) mass is 428 g/mol. The molecule has 1 fully saturated rings. The van der Waals surface area contributed by atoms with Gasteiger partial charge in [-0.1, -0.05) is 18.2 Å². The van der Waals surface area contributed by atoms with Crippen LogP contribution in [-0.4, -0.2) is 50.1 Å². The van der Waals surface area contributed by atoms with Gasteiger partial charge in [0.15, 0.2) is 0 Å². The number of ether oxygens (including phenoxy) is 1. The smallest absolute Gasteiger partial charge is 0.119 e. The van der Waals surface area contributed by atoms with Crippen LogP contribution in [0.2, 0.25) is 0 Å². The van der Waals surface area contributed by atoms with Crippen molar-refractivity contribution in [3.63, 3.8) is 0 Å². The maximum Gasteiger partial charge on any atom is 0.119 e. The lowest BCUT2D eigenvalue weighted by Crippen LogP contribution is -2.35. The number of hydrogen-bond donors (Lipinski definition) is 1. The summed E-state index contributed by atoms with van der Waals surface area (Å²) in [4.78, 5) is 3.67. The van der Waals surface area contributed by atoms with Crippen LogP contribution in [-0.2, 0) is 13.0 Å². The van der Waals surface area contributed by atoms with Gasteiger partial charge in [0.2, 0.25) is 0 Å². The van der Waals surface area contributed by atoms with E-state index in [2.05, 4.69) is 58.9 Å². The first-order chi connectivity index (χ1) is 14.7. The fourth-order valence-corrected chi connectivity index (χ4v) is 4.95. The van der Waals surface area contributed by atoms with Crippen LogP contribution in [0.1, 0.15) is 41.9 Å². The molecule has 1 N–H and O–H groups in total. The molecule has 2 heterocycles. The zero-order valence-corrected chi connectivity index (χ0v) is 18.7. The van der Waals surface area contributed by atoms with Gasteiger partial charge < -0.3 is 15.0 Å². The van der Waals surface area contributed by atoms with Gasteiger partial charge >= 0.3 is 0 Å². The Bertz CT molecular complexity index is 805. The number of likely N-dealkylation sites (tertiary alicyclic amines) is 1. The Hall–Kier alpha value is -1.56. The zero-order valence-electron chi connectivity index (χ0n) is 17.9. The van der Waals surface area contributed by atoms with Crippen LogP contribution in [0.15, 0.2) is 47.4 Å². The van der Waals surface area contributed by atoms with Crippen molar-refractivity contribution >= 4 is 11.8 Å². The van der Waals surface area contributed by atoms with Gasteiger partial charge in [-0.2, -0.15) is 0 Å². The van der Waals surface area contributed by atoms with E-state index >= 15 is 0 Å². The second-order valence-electron chi connectivity index (χ2n) is 8.46. The molecular formula is C25H33FN2OS. The third-order valence-corrected chi connectivity index (χ3v) is 7.05. The van der Waals surface area contributed by atoms with E-state index in [0.29, 0.717) is 25.4 Å². The molecule has 0 saturated carbocycles. The molecule has 0 aliphatic carbocycles. The van der Waals surface area contributed by atoms with Crippen molar-refractivity contribution in [2.24, 2.45) is 0 Å². The summed E-state index contributed by atoms with van der Waals surface area (Å²) < 4.78 is 19.3. The van der Waals surface area contributed by atoms with Crippen molar-refractivity contribution in [3.8, 4) is 5.75 Å². The molecule has 0 spiro atoms. The van der Waals surface area contributed by atoms with Crippen LogP contribution < -0.4 is 10.1 Å². The van der Waals surface area contributed by atoms with Gasteiger partial charge in [0.05, 0.1) is 6.61 Å². The largest absolute Gasteiger partial charge is 0.494 e. The summed E-state index contributed by atoms with van der Waals surface area (Å²) in [6.45, 7) is 5.41.